The quantitative estimate of drug-likeness (QED) is 0.843. The first-order valence-electron chi connectivity index (χ1n) is 5.58. The van der Waals surface area contributed by atoms with Gasteiger partial charge in [0, 0.05) is 6.42 Å². The van der Waals surface area contributed by atoms with Crippen LogP contribution in [0.1, 0.15) is 31.9 Å². The van der Waals surface area contributed by atoms with Crippen LogP contribution in [0.5, 0.6) is 5.75 Å². The lowest BCUT2D eigenvalue weighted by Crippen LogP contribution is -2.13. The Morgan fingerprint density at radius 3 is 2.41 bits per heavy atom. The molecule has 17 heavy (non-hydrogen) atoms. The molecule has 0 radical (unpaired) electrons. The summed E-state index contributed by atoms with van der Waals surface area (Å²) >= 11 is 6.22. The average molecular weight is 258 g/mol. The Kier molecular flexibility index (Phi) is 4.80. The summed E-state index contributed by atoms with van der Waals surface area (Å²) in [5.74, 6) is 5.76. The normalized spacial score (nSPS) is 11.6. The monoisotopic (exact) mass is 257 g/mol. The van der Waals surface area contributed by atoms with E-state index in [1.165, 1.54) is 5.56 Å². The third-order valence-electron chi connectivity index (χ3n) is 2.68. The molecule has 0 aliphatic rings. The molecule has 0 heterocycles. The minimum Gasteiger partial charge on any atom is -0.495 e. The molecule has 96 valence electrons. The number of hydrogen-bond acceptors (Lipinski definition) is 3. The largest absolute Gasteiger partial charge is 0.495 e. The van der Waals surface area contributed by atoms with Crippen LogP contribution in [0.2, 0.25) is 5.02 Å². The van der Waals surface area contributed by atoms with E-state index in [-0.39, 0.29) is 5.41 Å². The van der Waals surface area contributed by atoms with E-state index >= 15 is 0 Å². The molecule has 3 nitrogen and oxygen atoms in total. The van der Waals surface area contributed by atoms with Crippen molar-refractivity contribution in [2.75, 3.05) is 13.7 Å². The molecule has 0 unspecified atom stereocenters. The Morgan fingerprint density at radius 2 is 1.94 bits per heavy atom. The van der Waals surface area contributed by atoms with E-state index < -0.39 is 0 Å². The Bertz CT molecular complexity index is 386. The van der Waals surface area contributed by atoms with E-state index in [1.807, 2.05) is 6.07 Å². The summed E-state index contributed by atoms with van der Waals surface area (Å²) in [6, 6.07) is 4.05. The van der Waals surface area contributed by atoms with E-state index in [4.69, 9.17) is 22.2 Å². The second-order valence-electron chi connectivity index (χ2n) is 5.02. The fourth-order valence-electron chi connectivity index (χ4n) is 1.67. The van der Waals surface area contributed by atoms with Crippen LogP contribution in [0.15, 0.2) is 12.1 Å². The first-order chi connectivity index (χ1) is 7.90. The average Bonchev–Trinajstić information content (AvgIpc) is 2.24. The van der Waals surface area contributed by atoms with Crippen LogP contribution in [-0.2, 0) is 16.7 Å². The number of methoxy groups -OCH3 is 1. The molecule has 0 spiro atoms. The van der Waals surface area contributed by atoms with E-state index in [2.05, 4.69) is 31.7 Å². The molecule has 0 amide bonds. The van der Waals surface area contributed by atoms with Gasteiger partial charge in [0.15, 0.2) is 0 Å². The van der Waals surface area contributed by atoms with Crippen molar-refractivity contribution >= 4 is 11.6 Å². The van der Waals surface area contributed by atoms with Crippen molar-refractivity contribution in [1.29, 1.82) is 0 Å². The molecule has 0 bridgehead atoms. The summed E-state index contributed by atoms with van der Waals surface area (Å²) in [6.45, 7) is 6.89. The lowest BCUT2D eigenvalue weighted by atomic mass is 9.85. The molecule has 2 N–H and O–H groups in total. The van der Waals surface area contributed by atoms with Crippen molar-refractivity contribution in [3.05, 3.63) is 28.3 Å². The predicted molar refractivity (Wildman–Crippen MR) is 70.5 cm³/mol. The maximum absolute atomic E-state index is 6.22. The molecule has 0 aromatic heterocycles. The Labute approximate surface area is 108 Å². The van der Waals surface area contributed by atoms with E-state index in [0.717, 1.165) is 5.56 Å². The predicted octanol–water partition coefficient (Wildman–Crippen LogP) is 3.08. The van der Waals surface area contributed by atoms with Crippen LogP contribution >= 0.6 is 11.6 Å². The minimum absolute atomic E-state index is 0.0498. The third kappa shape index (κ3) is 3.60. The maximum atomic E-state index is 6.22. The van der Waals surface area contributed by atoms with Crippen molar-refractivity contribution in [2.24, 2.45) is 5.90 Å². The van der Waals surface area contributed by atoms with Crippen molar-refractivity contribution in [3.63, 3.8) is 0 Å². The van der Waals surface area contributed by atoms with E-state index in [0.29, 0.717) is 23.8 Å². The summed E-state index contributed by atoms with van der Waals surface area (Å²) in [5.41, 5.74) is 2.25. The van der Waals surface area contributed by atoms with Crippen LogP contribution in [0.4, 0.5) is 0 Å². The van der Waals surface area contributed by atoms with Crippen molar-refractivity contribution in [2.45, 2.75) is 32.6 Å². The van der Waals surface area contributed by atoms with Crippen LogP contribution in [0, 0.1) is 0 Å². The molecule has 0 saturated carbocycles. The minimum atomic E-state index is 0.0498. The van der Waals surface area contributed by atoms with Crippen LogP contribution in [0.25, 0.3) is 0 Å². The van der Waals surface area contributed by atoms with Gasteiger partial charge in [-0.3, -0.25) is 0 Å². The zero-order valence-corrected chi connectivity index (χ0v) is 11.6. The fourth-order valence-corrected chi connectivity index (χ4v) is 1.98. The molecule has 0 aliphatic heterocycles. The van der Waals surface area contributed by atoms with Gasteiger partial charge in [-0.2, -0.15) is 0 Å². The zero-order valence-electron chi connectivity index (χ0n) is 10.8. The molecular weight excluding hydrogens is 238 g/mol. The SMILES string of the molecule is COc1c(Cl)cc(C(C)(C)C)cc1CCON. The van der Waals surface area contributed by atoms with Gasteiger partial charge in [0.2, 0.25) is 0 Å². The summed E-state index contributed by atoms with van der Waals surface area (Å²) in [4.78, 5) is 4.61. The first-order valence-corrected chi connectivity index (χ1v) is 5.96. The maximum Gasteiger partial charge on any atom is 0.140 e. The summed E-state index contributed by atoms with van der Waals surface area (Å²) in [6.07, 6.45) is 0.684. The Hall–Kier alpha value is -0.770. The molecule has 0 saturated heterocycles. The highest BCUT2D eigenvalue weighted by Gasteiger charge is 2.18. The number of rotatable bonds is 4. The van der Waals surface area contributed by atoms with Crippen molar-refractivity contribution < 1.29 is 9.57 Å². The van der Waals surface area contributed by atoms with Gasteiger partial charge in [-0.1, -0.05) is 38.4 Å². The molecule has 4 heteroatoms. The van der Waals surface area contributed by atoms with Gasteiger partial charge in [0.25, 0.3) is 0 Å². The van der Waals surface area contributed by atoms with Gasteiger partial charge >= 0.3 is 0 Å². The molecule has 1 rings (SSSR count). The van der Waals surface area contributed by atoms with Crippen LogP contribution in [0.3, 0.4) is 0 Å². The number of ether oxygens (including phenoxy) is 1. The third-order valence-corrected chi connectivity index (χ3v) is 2.96. The number of hydrogen-bond donors (Lipinski definition) is 1. The standard InChI is InChI=1S/C13H20ClNO2/c1-13(2,3)10-7-9(5-6-17-15)12(16-4)11(14)8-10/h7-8H,5-6,15H2,1-4H3. The molecule has 1 aromatic carbocycles. The van der Waals surface area contributed by atoms with Crippen molar-refractivity contribution in [3.8, 4) is 5.75 Å². The van der Waals surface area contributed by atoms with Gasteiger partial charge in [0.05, 0.1) is 18.7 Å². The van der Waals surface area contributed by atoms with Gasteiger partial charge in [0.1, 0.15) is 5.75 Å². The summed E-state index contributed by atoms with van der Waals surface area (Å²) < 4.78 is 5.31. The van der Waals surface area contributed by atoms with Crippen LogP contribution in [-0.4, -0.2) is 13.7 Å². The highest BCUT2D eigenvalue weighted by molar-refractivity contribution is 6.32. The number of nitrogens with two attached hydrogens (primary N) is 1. The van der Waals surface area contributed by atoms with E-state index in [9.17, 15) is 0 Å². The molecule has 0 aliphatic carbocycles. The second-order valence-corrected chi connectivity index (χ2v) is 5.43. The topological polar surface area (TPSA) is 44.5 Å². The molecule has 1 aromatic rings. The van der Waals surface area contributed by atoms with Gasteiger partial charge < -0.3 is 9.57 Å². The lowest BCUT2D eigenvalue weighted by molar-refractivity contribution is 0.140. The second kappa shape index (κ2) is 5.71. The summed E-state index contributed by atoms with van der Waals surface area (Å²) in [5, 5.41) is 0.631. The summed E-state index contributed by atoms with van der Waals surface area (Å²) in [7, 11) is 1.62. The highest BCUT2D eigenvalue weighted by atomic mass is 35.5. The van der Waals surface area contributed by atoms with Gasteiger partial charge in [-0.05, 0) is 22.6 Å². The highest BCUT2D eigenvalue weighted by Crippen LogP contribution is 2.34. The molecular formula is C13H20ClNO2. The fraction of sp³-hybridized carbons (Fsp3) is 0.538. The van der Waals surface area contributed by atoms with Gasteiger partial charge in [-0.25, -0.2) is 5.90 Å². The first kappa shape index (κ1) is 14.3. The van der Waals surface area contributed by atoms with Gasteiger partial charge in [-0.15, -0.1) is 0 Å². The zero-order chi connectivity index (χ0) is 13.1. The molecule has 0 fully saturated rings. The number of halogens is 1. The lowest BCUT2D eigenvalue weighted by Gasteiger charge is -2.22. The van der Waals surface area contributed by atoms with Crippen molar-refractivity contribution in [1.82, 2.24) is 0 Å². The van der Waals surface area contributed by atoms with E-state index in [1.54, 1.807) is 7.11 Å². The van der Waals surface area contributed by atoms with Crippen LogP contribution < -0.4 is 10.6 Å². The molecule has 0 atom stereocenters. The smallest absolute Gasteiger partial charge is 0.140 e. The number of benzene rings is 1. The Morgan fingerprint density at radius 1 is 1.29 bits per heavy atom. The Balaban J connectivity index is 3.19.